The van der Waals surface area contributed by atoms with Crippen LogP contribution < -0.4 is 5.32 Å². The second-order valence-corrected chi connectivity index (χ2v) is 3.36. The molecule has 0 radical (unpaired) electrons. The van der Waals surface area contributed by atoms with Gasteiger partial charge in [0.15, 0.2) is 0 Å². The van der Waals surface area contributed by atoms with Crippen LogP contribution in [-0.2, 0) is 0 Å². The topological polar surface area (TPSA) is 36.8 Å². The van der Waals surface area contributed by atoms with Crippen molar-refractivity contribution in [1.29, 1.82) is 0 Å². The van der Waals surface area contributed by atoms with E-state index in [1.54, 1.807) is 0 Å². The van der Waals surface area contributed by atoms with Gasteiger partial charge in [-0.1, -0.05) is 31.7 Å². The smallest absolute Gasteiger partial charge is 0.141 e. The van der Waals surface area contributed by atoms with E-state index in [-0.39, 0.29) is 0 Å². The van der Waals surface area contributed by atoms with Gasteiger partial charge in [0.05, 0.1) is 5.69 Å². The largest absolute Gasteiger partial charge is 0.369 e. The Labute approximate surface area is 90.9 Å². The molecule has 0 spiro atoms. The lowest BCUT2D eigenvalue weighted by atomic mass is 10.2. The van der Waals surface area contributed by atoms with Crippen LogP contribution in [0.2, 0.25) is 0 Å². The highest BCUT2D eigenvalue weighted by Gasteiger charge is 1.93. The molecule has 1 N–H and O–H groups in total. The van der Waals surface area contributed by atoms with Crippen LogP contribution in [0.4, 0.5) is 5.69 Å². The van der Waals surface area contributed by atoms with Gasteiger partial charge in [-0.15, -0.1) is 10.2 Å². The Morgan fingerprint density at radius 2 is 2.13 bits per heavy atom. The normalized spacial score (nSPS) is 10.5. The highest BCUT2D eigenvalue weighted by Crippen LogP contribution is 2.17. The molecule has 3 heteroatoms. The molecule has 0 unspecified atom stereocenters. The molecule has 0 fully saturated rings. The molecule has 15 heavy (non-hydrogen) atoms. The third-order valence-electron chi connectivity index (χ3n) is 1.97. The molecule has 0 saturated heterocycles. The predicted octanol–water partition coefficient (Wildman–Crippen LogP) is 3.55. The fraction of sp³-hybridized carbons (Fsp3) is 0.333. The van der Waals surface area contributed by atoms with E-state index in [4.69, 9.17) is 0 Å². The minimum absolute atomic E-state index is 0.611. The Balaban J connectivity index is 2.58. The molecule has 0 aliphatic heterocycles. The Bertz CT molecular complexity index is 356. The summed E-state index contributed by atoms with van der Waals surface area (Å²) in [7, 11) is 0. The van der Waals surface area contributed by atoms with Gasteiger partial charge in [-0.3, -0.25) is 0 Å². The van der Waals surface area contributed by atoms with Gasteiger partial charge in [-0.25, -0.2) is 0 Å². The van der Waals surface area contributed by atoms with E-state index < -0.39 is 0 Å². The number of benzene rings is 1. The Morgan fingerprint density at radius 1 is 1.40 bits per heavy atom. The number of rotatable bonds is 5. The third-order valence-corrected chi connectivity index (χ3v) is 1.97. The molecule has 0 amide bonds. The second kappa shape index (κ2) is 5.96. The average Bonchev–Trinajstić information content (AvgIpc) is 2.25. The maximum atomic E-state index is 4.12. The first kappa shape index (κ1) is 11.4. The predicted molar refractivity (Wildman–Crippen MR) is 63.1 cm³/mol. The standard InChI is InChI=1S/C12H17N3/c1-4-9-13-11(3)14-15-12-8-6-5-7-10(12)2/h5-8,13H,3-4,9H2,1-2H3/b15-14-. The van der Waals surface area contributed by atoms with Crippen LogP contribution in [0.1, 0.15) is 18.9 Å². The quantitative estimate of drug-likeness (QED) is 0.730. The zero-order valence-corrected chi connectivity index (χ0v) is 9.33. The molecular weight excluding hydrogens is 186 g/mol. The minimum atomic E-state index is 0.611. The fourth-order valence-corrected chi connectivity index (χ4v) is 1.09. The monoisotopic (exact) mass is 203 g/mol. The van der Waals surface area contributed by atoms with Gasteiger partial charge >= 0.3 is 0 Å². The lowest BCUT2D eigenvalue weighted by Gasteiger charge is -2.01. The van der Waals surface area contributed by atoms with E-state index in [9.17, 15) is 0 Å². The summed E-state index contributed by atoms with van der Waals surface area (Å²) >= 11 is 0. The van der Waals surface area contributed by atoms with Crippen molar-refractivity contribution in [3.05, 3.63) is 42.2 Å². The molecule has 3 nitrogen and oxygen atoms in total. The lowest BCUT2D eigenvalue weighted by molar-refractivity contribution is 0.753. The van der Waals surface area contributed by atoms with E-state index >= 15 is 0 Å². The highest BCUT2D eigenvalue weighted by molar-refractivity contribution is 5.43. The van der Waals surface area contributed by atoms with Crippen LogP contribution in [0.5, 0.6) is 0 Å². The van der Waals surface area contributed by atoms with Crippen molar-refractivity contribution >= 4 is 5.69 Å². The molecule has 0 bridgehead atoms. The van der Waals surface area contributed by atoms with E-state index in [1.807, 2.05) is 31.2 Å². The Hall–Kier alpha value is -1.64. The Kier molecular flexibility index (Phi) is 4.54. The maximum Gasteiger partial charge on any atom is 0.141 e. The summed E-state index contributed by atoms with van der Waals surface area (Å²) in [6, 6.07) is 7.88. The number of nitrogens with one attached hydrogen (secondary N) is 1. The minimum Gasteiger partial charge on any atom is -0.369 e. The Morgan fingerprint density at radius 3 is 2.80 bits per heavy atom. The summed E-state index contributed by atoms with van der Waals surface area (Å²) < 4.78 is 0. The molecule has 0 aliphatic rings. The van der Waals surface area contributed by atoms with Gasteiger partial charge in [0.2, 0.25) is 0 Å². The average molecular weight is 203 g/mol. The summed E-state index contributed by atoms with van der Waals surface area (Å²) in [4.78, 5) is 0. The van der Waals surface area contributed by atoms with Gasteiger partial charge in [0.1, 0.15) is 5.82 Å². The second-order valence-electron chi connectivity index (χ2n) is 3.36. The van der Waals surface area contributed by atoms with E-state index in [0.29, 0.717) is 5.82 Å². The first-order valence-electron chi connectivity index (χ1n) is 5.14. The van der Waals surface area contributed by atoms with Crippen LogP contribution >= 0.6 is 0 Å². The summed E-state index contributed by atoms with van der Waals surface area (Å²) in [6.07, 6.45) is 1.05. The first-order valence-corrected chi connectivity index (χ1v) is 5.14. The SMILES string of the molecule is C=C(/N=N\c1ccccc1C)NCCC. The molecule has 0 aromatic heterocycles. The van der Waals surface area contributed by atoms with Crippen LogP contribution in [0.25, 0.3) is 0 Å². The van der Waals surface area contributed by atoms with Crippen LogP contribution in [-0.4, -0.2) is 6.54 Å². The van der Waals surface area contributed by atoms with Gasteiger partial charge in [-0.2, -0.15) is 0 Å². The summed E-state index contributed by atoms with van der Waals surface area (Å²) in [5.41, 5.74) is 2.00. The first-order chi connectivity index (χ1) is 7.24. The number of nitrogens with zero attached hydrogens (tertiary/aromatic N) is 2. The summed E-state index contributed by atoms with van der Waals surface area (Å²) in [5, 5.41) is 11.2. The van der Waals surface area contributed by atoms with Gasteiger partial charge in [0.25, 0.3) is 0 Å². The lowest BCUT2D eigenvalue weighted by Crippen LogP contribution is -2.10. The van der Waals surface area contributed by atoms with Gasteiger partial charge < -0.3 is 5.32 Å². The van der Waals surface area contributed by atoms with Crippen molar-refractivity contribution in [2.75, 3.05) is 6.54 Å². The van der Waals surface area contributed by atoms with Crippen LogP contribution in [0.15, 0.2) is 46.9 Å². The highest BCUT2D eigenvalue weighted by atomic mass is 15.2. The number of aryl methyl sites for hydroxylation is 1. The van der Waals surface area contributed by atoms with E-state index in [1.165, 1.54) is 0 Å². The molecule has 0 aliphatic carbocycles. The van der Waals surface area contributed by atoms with Gasteiger partial charge in [0, 0.05) is 6.54 Å². The molecule has 1 rings (SSSR count). The number of hydrogen-bond acceptors (Lipinski definition) is 3. The molecule has 0 atom stereocenters. The van der Waals surface area contributed by atoms with Crippen molar-refractivity contribution in [3.8, 4) is 0 Å². The number of hydrogen-bond donors (Lipinski definition) is 1. The third kappa shape index (κ3) is 3.94. The fourth-order valence-electron chi connectivity index (χ4n) is 1.09. The maximum absolute atomic E-state index is 4.12. The van der Waals surface area contributed by atoms with Crippen molar-refractivity contribution in [1.82, 2.24) is 5.32 Å². The molecular formula is C12H17N3. The van der Waals surface area contributed by atoms with Crippen molar-refractivity contribution in [2.45, 2.75) is 20.3 Å². The molecule has 80 valence electrons. The molecule has 1 aromatic rings. The van der Waals surface area contributed by atoms with Crippen molar-refractivity contribution in [3.63, 3.8) is 0 Å². The van der Waals surface area contributed by atoms with Crippen LogP contribution in [0.3, 0.4) is 0 Å². The zero-order valence-electron chi connectivity index (χ0n) is 9.33. The molecule has 0 saturated carbocycles. The van der Waals surface area contributed by atoms with Gasteiger partial charge in [-0.05, 0) is 25.0 Å². The van der Waals surface area contributed by atoms with Crippen LogP contribution in [0, 0.1) is 6.92 Å². The van der Waals surface area contributed by atoms with E-state index in [0.717, 1.165) is 24.2 Å². The van der Waals surface area contributed by atoms with Crippen molar-refractivity contribution in [2.24, 2.45) is 10.2 Å². The molecule has 1 aromatic carbocycles. The zero-order chi connectivity index (χ0) is 11.1. The number of azo groups is 1. The molecule has 0 heterocycles. The summed E-state index contributed by atoms with van der Waals surface area (Å²) in [6.45, 7) is 8.75. The summed E-state index contributed by atoms with van der Waals surface area (Å²) in [5.74, 6) is 0.611. The van der Waals surface area contributed by atoms with E-state index in [2.05, 4.69) is 29.0 Å². The van der Waals surface area contributed by atoms with Crippen molar-refractivity contribution < 1.29 is 0 Å².